The van der Waals surface area contributed by atoms with E-state index in [2.05, 4.69) is 45.5 Å². The number of nitriles is 1. The van der Waals surface area contributed by atoms with Gasteiger partial charge in [0.05, 0.1) is 12.5 Å². The van der Waals surface area contributed by atoms with E-state index in [0.29, 0.717) is 6.42 Å². The summed E-state index contributed by atoms with van der Waals surface area (Å²) in [5.74, 6) is 0. The summed E-state index contributed by atoms with van der Waals surface area (Å²) >= 11 is 0. The van der Waals surface area contributed by atoms with E-state index in [4.69, 9.17) is 5.26 Å². The molecule has 2 N–H and O–H groups in total. The van der Waals surface area contributed by atoms with Crippen molar-refractivity contribution in [2.45, 2.75) is 12.5 Å². The minimum absolute atomic E-state index is 0. The van der Waals surface area contributed by atoms with Gasteiger partial charge in [-0.1, -0.05) is 12.1 Å². The largest absolute Gasteiger partial charge is 0.361 e. The van der Waals surface area contributed by atoms with Crippen LogP contribution in [0.3, 0.4) is 0 Å². The second-order valence-corrected chi connectivity index (χ2v) is 4.99. The van der Waals surface area contributed by atoms with Crippen molar-refractivity contribution in [2.24, 2.45) is 0 Å². The summed E-state index contributed by atoms with van der Waals surface area (Å²) < 4.78 is 0. The van der Waals surface area contributed by atoms with Crippen LogP contribution in [0, 0.1) is 11.3 Å². The lowest BCUT2D eigenvalue weighted by Gasteiger charge is -2.34. The zero-order valence-corrected chi connectivity index (χ0v) is 13.3. The Morgan fingerprint density at radius 1 is 1.19 bits per heavy atom. The number of piperazine rings is 1. The van der Waals surface area contributed by atoms with Crippen LogP contribution in [-0.2, 0) is 0 Å². The van der Waals surface area contributed by atoms with Crippen molar-refractivity contribution in [3.63, 3.8) is 0 Å². The lowest BCUT2D eigenvalue weighted by Crippen LogP contribution is -2.45. The SMILES string of the molecule is Cl.Cl.N#CC[C@@H](c1ccc2cc[nH]c2c1)N1CCNCC1. The highest BCUT2D eigenvalue weighted by molar-refractivity contribution is 5.85. The smallest absolute Gasteiger partial charge is 0.0641 e. The van der Waals surface area contributed by atoms with Gasteiger partial charge in [-0.15, -0.1) is 24.8 Å². The molecule has 1 saturated heterocycles. The van der Waals surface area contributed by atoms with Crippen LogP contribution in [0.2, 0.25) is 0 Å². The van der Waals surface area contributed by atoms with E-state index in [-0.39, 0.29) is 30.9 Å². The number of nitrogens with zero attached hydrogens (tertiary/aromatic N) is 2. The number of fused-ring (bicyclic) bond motifs is 1. The standard InChI is InChI=1S/C15H18N4.2ClH/c16-5-3-15(19-9-7-17-8-10-19)13-2-1-12-4-6-18-14(12)11-13;;/h1-2,4,6,11,15,17-18H,3,7-10H2;2*1H/t15-;;/m0../s1. The lowest BCUT2D eigenvalue weighted by atomic mass is 10.0. The summed E-state index contributed by atoms with van der Waals surface area (Å²) in [5, 5.41) is 13.7. The Kier molecular flexibility index (Phi) is 7.00. The lowest BCUT2D eigenvalue weighted by molar-refractivity contribution is 0.176. The molecule has 0 spiro atoms. The molecule has 1 aromatic carbocycles. The first-order chi connectivity index (χ1) is 9.38. The van der Waals surface area contributed by atoms with Crippen LogP contribution in [0.25, 0.3) is 10.9 Å². The molecule has 0 saturated carbocycles. The molecule has 0 unspecified atom stereocenters. The second-order valence-electron chi connectivity index (χ2n) is 4.99. The number of nitrogens with one attached hydrogen (secondary N) is 2. The Morgan fingerprint density at radius 2 is 1.95 bits per heavy atom. The molecular formula is C15H20Cl2N4. The van der Waals surface area contributed by atoms with Crippen molar-refractivity contribution in [3.8, 4) is 6.07 Å². The Balaban J connectivity index is 0.00000110. The topological polar surface area (TPSA) is 54.9 Å². The van der Waals surface area contributed by atoms with Crippen LogP contribution in [0.15, 0.2) is 30.5 Å². The molecule has 0 aliphatic carbocycles. The highest BCUT2D eigenvalue weighted by Crippen LogP contribution is 2.27. The van der Waals surface area contributed by atoms with Crippen LogP contribution in [-0.4, -0.2) is 36.1 Å². The fourth-order valence-corrected chi connectivity index (χ4v) is 2.81. The average Bonchev–Trinajstić information content (AvgIpc) is 2.93. The molecule has 6 heteroatoms. The summed E-state index contributed by atoms with van der Waals surface area (Å²) in [5.41, 5.74) is 2.38. The molecule has 0 amide bonds. The maximum absolute atomic E-state index is 9.10. The van der Waals surface area contributed by atoms with Gasteiger partial charge in [0.25, 0.3) is 0 Å². The fraction of sp³-hybridized carbons (Fsp3) is 0.400. The van der Waals surface area contributed by atoms with Crippen molar-refractivity contribution >= 4 is 35.7 Å². The molecule has 114 valence electrons. The van der Waals surface area contributed by atoms with Gasteiger partial charge in [0.2, 0.25) is 0 Å². The summed E-state index contributed by atoms with van der Waals surface area (Å²) in [6.07, 6.45) is 2.50. The minimum atomic E-state index is 0. The highest BCUT2D eigenvalue weighted by atomic mass is 35.5. The van der Waals surface area contributed by atoms with Gasteiger partial charge in [-0.2, -0.15) is 5.26 Å². The predicted octanol–water partition coefficient (Wildman–Crippen LogP) is 2.87. The summed E-state index contributed by atoms with van der Waals surface area (Å²) in [4.78, 5) is 5.65. The van der Waals surface area contributed by atoms with E-state index in [9.17, 15) is 0 Å². The van der Waals surface area contributed by atoms with Crippen molar-refractivity contribution < 1.29 is 0 Å². The van der Waals surface area contributed by atoms with Gasteiger partial charge < -0.3 is 10.3 Å². The second kappa shape index (κ2) is 8.26. The number of aromatic amines is 1. The van der Waals surface area contributed by atoms with E-state index >= 15 is 0 Å². The Hall–Kier alpha value is -1.25. The first-order valence-corrected chi connectivity index (χ1v) is 6.77. The number of benzene rings is 1. The van der Waals surface area contributed by atoms with Crippen molar-refractivity contribution in [1.29, 1.82) is 5.26 Å². The van der Waals surface area contributed by atoms with E-state index < -0.39 is 0 Å². The van der Waals surface area contributed by atoms with Gasteiger partial charge in [-0.25, -0.2) is 0 Å². The predicted molar refractivity (Wildman–Crippen MR) is 90.2 cm³/mol. The van der Waals surface area contributed by atoms with Gasteiger partial charge in [-0.3, -0.25) is 4.90 Å². The average molecular weight is 327 g/mol. The molecule has 1 aliphatic heterocycles. The molecule has 2 heterocycles. The Bertz CT molecular complexity index is 599. The number of rotatable bonds is 3. The monoisotopic (exact) mass is 326 g/mol. The van der Waals surface area contributed by atoms with Gasteiger partial charge >= 0.3 is 0 Å². The van der Waals surface area contributed by atoms with Gasteiger partial charge in [0, 0.05) is 43.9 Å². The molecule has 1 aromatic heterocycles. The third-order valence-electron chi connectivity index (χ3n) is 3.84. The molecule has 0 bridgehead atoms. The Labute approximate surface area is 137 Å². The molecule has 4 nitrogen and oxygen atoms in total. The summed E-state index contributed by atoms with van der Waals surface area (Å²) in [6, 6.07) is 11.1. The minimum Gasteiger partial charge on any atom is -0.361 e. The van der Waals surface area contributed by atoms with E-state index in [0.717, 1.165) is 31.7 Å². The highest BCUT2D eigenvalue weighted by Gasteiger charge is 2.22. The maximum atomic E-state index is 9.10. The first-order valence-electron chi connectivity index (χ1n) is 6.77. The van der Waals surface area contributed by atoms with Crippen molar-refractivity contribution in [3.05, 3.63) is 36.0 Å². The van der Waals surface area contributed by atoms with Crippen molar-refractivity contribution in [1.82, 2.24) is 15.2 Å². The summed E-state index contributed by atoms with van der Waals surface area (Å²) in [7, 11) is 0. The molecule has 1 fully saturated rings. The fourth-order valence-electron chi connectivity index (χ4n) is 2.81. The zero-order chi connectivity index (χ0) is 13.1. The first kappa shape index (κ1) is 17.8. The van der Waals surface area contributed by atoms with Gasteiger partial charge in [0.15, 0.2) is 0 Å². The Morgan fingerprint density at radius 3 is 2.67 bits per heavy atom. The van der Waals surface area contributed by atoms with E-state index in [1.54, 1.807) is 0 Å². The van der Waals surface area contributed by atoms with E-state index in [1.807, 2.05) is 6.20 Å². The third kappa shape index (κ3) is 3.90. The van der Waals surface area contributed by atoms with Crippen LogP contribution in [0.5, 0.6) is 0 Å². The van der Waals surface area contributed by atoms with Crippen LogP contribution in [0.1, 0.15) is 18.0 Å². The summed E-state index contributed by atoms with van der Waals surface area (Å²) in [6.45, 7) is 4.03. The number of H-pyrrole nitrogens is 1. The number of halogens is 2. The molecule has 1 atom stereocenters. The molecule has 2 aromatic rings. The quantitative estimate of drug-likeness (QED) is 0.911. The van der Waals surface area contributed by atoms with Gasteiger partial charge in [0.1, 0.15) is 0 Å². The number of hydrogen-bond donors (Lipinski definition) is 2. The normalized spacial score (nSPS) is 16.5. The van der Waals surface area contributed by atoms with Crippen LogP contribution < -0.4 is 5.32 Å². The van der Waals surface area contributed by atoms with Crippen molar-refractivity contribution in [2.75, 3.05) is 26.2 Å². The van der Waals surface area contributed by atoms with Crippen LogP contribution >= 0.6 is 24.8 Å². The molecule has 0 radical (unpaired) electrons. The molecule has 21 heavy (non-hydrogen) atoms. The van der Waals surface area contributed by atoms with Gasteiger partial charge in [-0.05, 0) is 23.1 Å². The molecule has 1 aliphatic rings. The number of hydrogen-bond acceptors (Lipinski definition) is 3. The molecular weight excluding hydrogens is 307 g/mol. The van der Waals surface area contributed by atoms with Crippen LogP contribution in [0.4, 0.5) is 0 Å². The third-order valence-corrected chi connectivity index (χ3v) is 3.84. The maximum Gasteiger partial charge on any atom is 0.0641 e. The molecule has 3 rings (SSSR count). The zero-order valence-electron chi connectivity index (χ0n) is 11.7. The van der Waals surface area contributed by atoms with E-state index in [1.165, 1.54) is 10.9 Å². The number of aromatic nitrogens is 1.